The predicted octanol–water partition coefficient (Wildman–Crippen LogP) is 4.39. The lowest BCUT2D eigenvalue weighted by Crippen LogP contribution is -2.31. The van der Waals surface area contributed by atoms with Crippen LogP contribution in [0.5, 0.6) is 0 Å². The van der Waals surface area contributed by atoms with Gasteiger partial charge in [0.25, 0.3) is 0 Å². The summed E-state index contributed by atoms with van der Waals surface area (Å²) in [7, 11) is 0. The van der Waals surface area contributed by atoms with Crippen molar-refractivity contribution in [2.24, 2.45) is 0 Å². The minimum atomic E-state index is -0.858. The van der Waals surface area contributed by atoms with Gasteiger partial charge in [-0.15, -0.1) is 0 Å². The van der Waals surface area contributed by atoms with Crippen LogP contribution >= 0.6 is 0 Å². The van der Waals surface area contributed by atoms with E-state index in [0.717, 1.165) is 6.07 Å². The first-order valence-electron chi connectivity index (χ1n) is 6.91. The molecule has 0 spiro atoms. The summed E-state index contributed by atoms with van der Waals surface area (Å²) in [6.45, 7) is 3.80. The number of rotatable bonds is 5. The molecule has 112 valence electrons. The van der Waals surface area contributed by atoms with Crippen LogP contribution in [-0.2, 0) is 6.42 Å². The lowest BCUT2D eigenvalue weighted by atomic mass is 10.0. The zero-order valence-corrected chi connectivity index (χ0v) is 12.0. The Labute approximate surface area is 122 Å². The Morgan fingerprint density at radius 1 is 0.905 bits per heavy atom. The summed E-state index contributed by atoms with van der Waals surface area (Å²) in [5.41, 5.74) is 1.30. The topological polar surface area (TPSA) is 12.0 Å². The van der Waals surface area contributed by atoms with Crippen molar-refractivity contribution in [3.05, 3.63) is 71.0 Å². The number of hydrogen-bond donors (Lipinski definition) is 1. The van der Waals surface area contributed by atoms with Crippen molar-refractivity contribution in [2.75, 3.05) is 0 Å². The molecule has 1 N–H and O–H groups in total. The molecule has 0 aromatic heterocycles. The molecule has 0 bridgehead atoms. The van der Waals surface area contributed by atoms with Gasteiger partial charge in [-0.05, 0) is 49.6 Å². The molecule has 2 atom stereocenters. The summed E-state index contributed by atoms with van der Waals surface area (Å²) in [5.74, 6) is -1.94. The fourth-order valence-corrected chi connectivity index (χ4v) is 2.36. The third kappa shape index (κ3) is 4.08. The Morgan fingerprint density at radius 3 is 2.29 bits per heavy atom. The summed E-state index contributed by atoms with van der Waals surface area (Å²) in [4.78, 5) is 0. The second-order valence-corrected chi connectivity index (χ2v) is 5.26. The van der Waals surface area contributed by atoms with Crippen LogP contribution in [0.2, 0.25) is 0 Å². The maximum atomic E-state index is 13.6. The predicted molar refractivity (Wildman–Crippen MR) is 77.5 cm³/mol. The van der Waals surface area contributed by atoms with Crippen molar-refractivity contribution in [2.45, 2.75) is 32.4 Å². The van der Waals surface area contributed by atoms with E-state index in [9.17, 15) is 13.2 Å². The second-order valence-electron chi connectivity index (χ2n) is 5.26. The van der Waals surface area contributed by atoms with Gasteiger partial charge < -0.3 is 5.32 Å². The van der Waals surface area contributed by atoms with Crippen LogP contribution < -0.4 is 5.32 Å². The highest BCUT2D eigenvalue weighted by Crippen LogP contribution is 2.17. The molecule has 0 saturated heterocycles. The highest BCUT2D eigenvalue weighted by molar-refractivity contribution is 5.22. The molecule has 0 saturated carbocycles. The van der Waals surface area contributed by atoms with Gasteiger partial charge in [-0.25, -0.2) is 13.2 Å². The molecule has 0 heterocycles. The molecular weight excluding hydrogens is 275 g/mol. The van der Waals surface area contributed by atoms with Crippen LogP contribution in [-0.4, -0.2) is 6.04 Å². The third-order valence-corrected chi connectivity index (χ3v) is 3.46. The minimum absolute atomic E-state index is 0.00464. The van der Waals surface area contributed by atoms with Gasteiger partial charge in [-0.1, -0.05) is 24.3 Å². The van der Waals surface area contributed by atoms with E-state index in [1.165, 1.54) is 12.1 Å². The number of nitrogens with one attached hydrogen (secondary N) is 1. The van der Waals surface area contributed by atoms with E-state index in [0.29, 0.717) is 17.5 Å². The van der Waals surface area contributed by atoms with E-state index in [1.807, 2.05) is 13.8 Å². The van der Waals surface area contributed by atoms with Gasteiger partial charge in [0, 0.05) is 12.1 Å². The molecule has 1 nitrogen and oxygen atoms in total. The zero-order chi connectivity index (χ0) is 15.4. The maximum absolute atomic E-state index is 13.6. The van der Waals surface area contributed by atoms with Crippen molar-refractivity contribution >= 4 is 0 Å². The Balaban J connectivity index is 2.00. The van der Waals surface area contributed by atoms with Crippen molar-refractivity contribution in [1.29, 1.82) is 0 Å². The monoisotopic (exact) mass is 293 g/mol. The van der Waals surface area contributed by atoms with Crippen LogP contribution in [0.3, 0.4) is 0 Å². The van der Waals surface area contributed by atoms with Crippen LogP contribution in [0.1, 0.15) is 31.0 Å². The first-order chi connectivity index (χ1) is 9.97. The normalized spacial score (nSPS) is 14.0. The molecule has 0 aliphatic rings. The Hall–Kier alpha value is -1.81. The fourth-order valence-electron chi connectivity index (χ4n) is 2.36. The van der Waals surface area contributed by atoms with Gasteiger partial charge in [0.15, 0.2) is 11.6 Å². The fraction of sp³-hybridized carbons (Fsp3) is 0.294. The van der Waals surface area contributed by atoms with E-state index in [1.54, 1.807) is 24.3 Å². The smallest absolute Gasteiger partial charge is 0.159 e. The van der Waals surface area contributed by atoms with Gasteiger partial charge in [0.2, 0.25) is 0 Å². The maximum Gasteiger partial charge on any atom is 0.159 e. The minimum Gasteiger partial charge on any atom is -0.307 e. The summed E-state index contributed by atoms with van der Waals surface area (Å²) < 4.78 is 39.7. The standard InChI is InChI=1S/C17H18F3N/c1-11(9-14-5-3-4-6-15(14)18)21-12(2)13-7-8-16(19)17(20)10-13/h3-8,10-12,21H,9H2,1-2H3. The number of halogens is 3. The van der Waals surface area contributed by atoms with Crippen LogP contribution in [0.25, 0.3) is 0 Å². The van der Waals surface area contributed by atoms with E-state index in [4.69, 9.17) is 0 Å². The van der Waals surface area contributed by atoms with E-state index in [2.05, 4.69) is 5.32 Å². The van der Waals surface area contributed by atoms with Crippen LogP contribution in [0, 0.1) is 17.5 Å². The van der Waals surface area contributed by atoms with Gasteiger partial charge >= 0.3 is 0 Å². The number of hydrogen-bond acceptors (Lipinski definition) is 1. The van der Waals surface area contributed by atoms with Gasteiger partial charge in [0.05, 0.1) is 0 Å². The SMILES string of the molecule is CC(Cc1ccccc1F)NC(C)c1ccc(F)c(F)c1. The van der Waals surface area contributed by atoms with Gasteiger partial charge in [0.1, 0.15) is 5.82 Å². The quantitative estimate of drug-likeness (QED) is 0.862. The summed E-state index contributed by atoms with van der Waals surface area (Å²) in [5, 5.41) is 3.26. The lowest BCUT2D eigenvalue weighted by molar-refractivity contribution is 0.462. The zero-order valence-electron chi connectivity index (χ0n) is 12.0. The Kier molecular flexibility index (Phi) is 5.02. The molecule has 0 amide bonds. The van der Waals surface area contributed by atoms with E-state index < -0.39 is 11.6 Å². The van der Waals surface area contributed by atoms with E-state index in [-0.39, 0.29) is 17.9 Å². The molecule has 0 aliphatic carbocycles. The molecule has 2 aromatic carbocycles. The first kappa shape index (κ1) is 15.6. The largest absolute Gasteiger partial charge is 0.307 e. The van der Waals surface area contributed by atoms with Crippen molar-refractivity contribution in [3.8, 4) is 0 Å². The van der Waals surface area contributed by atoms with Crippen LogP contribution in [0.15, 0.2) is 42.5 Å². The summed E-state index contributed by atoms with van der Waals surface area (Å²) in [6.07, 6.45) is 0.528. The highest BCUT2D eigenvalue weighted by atomic mass is 19.2. The van der Waals surface area contributed by atoms with Crippen molar-refractivity contribution < 1.29 is 13.2 Å². The van der Waals surface area contributed by atoms with Gasteiger partial charge in [-0.3, -0.25) is 0 Å². The highest BCUT2D eigenvalue weighted by Gasteiger charge is 2.13. The molecule has 0 fully saturated rings. The van der Waals surface area contributed by atoms with Gasteiger partial charge in [-0.2, -0.15) is 0 Å². The summed E-state index contributed by atoms with van der Waals surface area (Å²) >= 11 is 0. The molecule has 0 radical (unpaired) electrons. The second kappa shape index (κ2) is 6.76. The Morgan fingerprint density at radius 2 is 1.62 bits per heavy atom. The molecule has 0 aliphatic heterocycles. The first-order valence-corrected chi connectivity index (χ1v) is 6.91. The molecule has 21 heavy (non-hydrogen) atoms. The van der Waals surface area contributed by atoms with Crippen LogP contribution in [0.4, 0.5) is 13.2 Å². The van der Waals surface area contributed by atoms with Crippen molar-refractivity contribution in [1.82, 2.24) is 5.32 Å². The molecule has 4 heteroatoms. The average molecular weight is 293 g/mol. The third-order valence-electron chi connectivity index (χ3n) is 3.46. The lowest BCUT2D eigenvalue weighted by Gasteiger charge is -2.21. The molecule has 2 rings (SSSR count). The summed E-state index contributed by atoms with van der Waals surface area (Å²) in [6, 6.07) is 10.3. The number of benzene rings is 2. The molecule has 2 unspecified atom stereocenters. The average Bonchev–Trinajstić information content (AvgIpc) is 2.44. The van der Waals surface area contributed by atoms with Crippen molar-refractivity contribution in [3.63, 3.8) is 0 Å². The Bertz CT molecular complexity index is 613. The molecular formula is C17H18F3N. The van der Waals surface area contributed by atoms with E-state index >= 15 is 0 Å². The molecule has 2 aromatic rings.